The average Bonchev–Trinajstić information content (AvgIpc) is 2.63. The Morgan fingerprint density at radius 1 is 0.536 bits per heavy atom. The summed E-state index contributed by atoms with van der Waals surface area (Å²) in [5, 5.41) is 0. The predicted octanol–water partition coefficient (Wildman–Crippen LogP) is 8.61. The Hall–Kier alpha value is -1.89. The van der Waals surface area contributed by atoms with Gasteiger partial charge in [0.1, 0.15) is 6.29 Å². The maximum absolute atomic E-state index is 10.4. The van der Waals surface area contributed by atoms with Crippen LogP contribution in [0, 0.1) is 0 Å². The number of hydrogen-bond donors (Lipinski definition) is 0. The molecule has 28 heavy (non-hydrogen) atoms. The summed E-state index contributed by atoms with van der Waals surface area (Å²) < 4.78 is 0. The number of carbonyl (C=O) groups is 1. The molecule has 0 aromatic heterocycles. The second-order valence-corrected chi connectivity index (χ2v) is 8.11. The molecule has 0 rings (SSSR count). The Morgan fingerprint density at radius 2 is 0.929 bits per heavy atom. The van der Waals surface area contributed by atoms with Crippen molar-refractivity contribution in [2.75, 3.05) is 0 Å². The molecule has 0 unspecified atom stereocenters. The van der Waals surface area contributed by atoms with Crippen LogP contribution in [0.1, 0.15) is 92.9 Å². The fourth-order valence-corrected chi connectivity index (χ4v) is 2.78. The van der Waals surface area contributed by atoms with Gasteiger partial charge in [-0.3, -0.25) is 0 Å². The number of aldehydes is 1. The highest BCUT2D eigenvalue weighted by atomic mass is 16.1. The van der Waals surface area contributed by atoms with E-state index in [2.05, 4.69) is 84.1 Å². The fourth-order valence-electron chi connectivity index (χ4n) is 2.78. The topological polar surface area (TPSA) is 17.1 Å². The molecule has 1 nitrogen and oxygen atoms in total. The molecule has 0 aliphatic heterocycles. The lowest BCUT2D eigenvalue weighted by molar-refractivity contribution is -0.107. The van der Waals surface area contributed by atoms with Gasteiger partial charge in [-0.25, -0.2) is 0 Å². The maximum atomic E-state index is 10.4. The van der Waals surface area contributed by atoms with Gasteiger partial charge in [-0.15, -0.1) is 0 Å². The molecule has 0 bridgehead atoms. The fraction of sp³-hybridized carbons (Fsp3) is 0.519. The highest BCUT2D eigenvalue weighted by Gasteiger charge is 1.93. The zero-order chi connectivity index (χ0) is 21.2. The van der Waals surface area contributed by atoms with Gasteiger partial charge < -0.3 is 4.79 Å². The van der Waals surface area contributed by atoms with Gasteiger partial charge in [0.2, 0.25) is 0 Å². The van der Waals surface area contributed by atoms with Crippen LogP contribution in [0.3, 0.4) is 0 Å². The first-order valence-corrected chi connectivity index (χ1v) is 10.7. The Kier molecular flexibility index (Phi) is 16.1. The normalized spacial score (nSPS) is 13.9. The molecule has 0 heterocycles. The van der Waals surface area contributed by atoms with E-state index >= 15 is 0 Å². The quantitative estimate of drug-likeness (QED) is 0.167. The van der Waals surface area contributed by atoms with Crippen molar-refractivity contribution >= 4 is 6.29 Å². The third kappa shape index (κ3) is 17.5. The molecule has 0 amide bonds. The third-order valence-corrected chi connectivity index (χ3v) is 4.68. The van der Waals surface area contributed by atoms with Gasteiger partial charge in [0.05, 0.1) is 0 Å². The highest BCUT2D eigenvalue weighted by Crippen LogP contribution is 2.13. The molecule has 156 valence electrons. The molecule has 0 spiro atoms. The maximum Gasteiger partial charge on any atom is 0.120 e. The first kappa shape index (κ1) is 26.1. The Balaban J connectivity index is 4.15. The summed E-state index contributed by atoms with van der Waals surface area (Å²) in [6, 6.07) is 0. The SMILES string of the molecule is CC(C)=CCC/C(C)=C/CC/C(C)=C/CC/C(C)=C/C=C/C=C(\C)CCC=O. The van der Waals surface area contributed by atoms with Gasteiger partial charge in [-0.05, 0) is 86.5 Å². The summed E-state index contributed by atoms with van der Waals surface area (Å²) in [4.78, 5) is 10.4. The molecular weight excluding hydrogens is 340 g/mol. The number of carbonyl (C=O) groups excluding carboxylic acids is 1. The molecule has 0 radical (unpaired) electrons. The van der Waals surface area contributed by atoms with Crippen LogP contribution in [0.4, 0.5) is 0 Å². The summed E-state index contributed by atoms with van der Waals surface area (Å²) in [7, 11) is 0. The smallest absolute Gasteiger partial charge is 0.120 e. The van der Waals surface area contributed by atoms with Gasteiger partial charge >= 0.3 is 0 Å². The van der Waals surface area contributed by atoms with Crippen LogP contribution in [-0.4, -0.2) is 6.29 Å². The van der Waals surface area contributed by atoms with Crippen LogP contribution in [0.2, 0.25) is 0 Å². The minimum Gasteiger partial charge on any atom is -0.303 e. The zero-order valence-electron chi connectivity index (χ0n) is 19.2. The zero-order valence-corrected chi connectivity index (χ0v) is 19.2. The molecule has 0 N–H and O–H groups in total. The summed E-state index contributed by atoms with van der Waals surface area (Å²) in [6.07, 6.45) is 24.8. The van der Waals surface area contributed by atoms with E-state index in [1.165, 1.54) is 34.3 Å². The van der Waals surface area contributed by atoms with E-state index in [4.69, 9.17) is 0 Å². The number of hydrogen-bond acceptors (Lipinski definition) is 1. The molecule has 0 aromatic rings. The second kappa shape index (κ2) is 17.2. The molecule has 0 aromatic carbocycles. The van der Waals surface area contributed by atoms with Crippen molar-refractivity contribution < 1.29 is 4.79 Å². The lowest BCUT2D eigenvalue weighted by Crippen LogP contribution is -1.82. The highest BCUT2D eigenvalue weighted by molar-refractivity contribution is 5.49. The van der Waals surface area contributed by atoms with Crippen molar-refractivity contribution in [3.05, 3.63) is 70.4 Å². The van der Waals surface area contributed by atoms with E-state index in [0.717, 1.165) is 44.8 Å². The monoisotopic (exact) mass is 382 g/mol. The second-order valence-electron chi connectivity index (χ2n) is 8.11. The van der Waals surface area contributed by atoms with Gasteiger partial charge in [0, 0.05) is 6.42 Å². The summed E-state index contributed by atoms with van der Waals surface area (Å²) in [6.45, 7) is 13.1. The average molecular weight is 383 g/mol. The van der Waals surface area contributed by atoms with Crippen molar-refractivity contribution in [2.45, 2.75) is 92.9 Å². The van der Waals surface area contributed by atoms with Gasteiger partial charge in [0.25, 0.3) is 0 Å². The summed E-state index contributed by atoms with van der Waals surface area (Å²) >= 11 is 0. The first-order valence-electron chi connectivity index (χ1n) is 10.7. The molecule has 0 fully saturated rings. The Morgan fingerprint density at radius 3 is 1.36 bits per heavy atom. The molecule has 0 saturated heterocycles. The molecule has 0 aliphatic rings. The van der Waals surface area contributed by atoms with E-state index in [0.29, 0.717) is 6.42 Å². The third-order valence-electron chi connectivity index (χ3n) is 4.68. The molecule has 0 aliphatic carbocycles. The van der Waals surface area contributed by atoms with Gasteiger partial charge in [-0.2, -0.15) is 0 Å². The molecule has 1 heteroatoms. The van der Waals surface area contributed by atoms with Crippen molar-refractivity contribution in [1.82, 2.24) is 0 Å². The van der Waals surface area contributed by atoms with Crippen LogP contribution >= 0.6 is 0 Å². The van der Waals surface area contributed by atoms with E-state index < -0.39 is 0 Å². The predicted molar refractivity (Wildman–Crippen MR) is 127 cm³/mol. The van der Waals surface area contributed by atoms with E-state index in [1.807, 2.05) is 0 Å². The minimum atomic E-state index is 0.613. The van der Waals surface area contributed by atoms with Crippen LogP contribution in [0.15, 0.2) is 70.4 Å². The van der Waals surface area contributed by atoms with Crippen LogP contribution < -0.4 is 0 Å². The van der Waals surface area contributed by atoms with Crippen LogP contribution in [0.25, 0.3) is 0 Å². The minimum absolute atomic E-state index is 0.613. The van der Waals surface area contributed by atoms with Gasteiger partial charge in [0.15, 0.2) is 0 Å². The summed E-state index contributed by atoms with van der Waals surface area (Å²) in [5.41, 5.74) is 7.05. The number of rotatable bonds is 14. The van der Waals surface area contributed by atoms with Crippen molar-refractivity contribution in [2.24, 2.45) is 0 Å². The van der Waals surface area contributed by atoms with Crippen LogP contribution in [0.5, 0.6) is 0 Å². The molecular formula is C27H42O. The first-order chi connectivity index (χ1) is 13.3. The van der Waals surface area contributed by atoms with Crippen molar-refractivity contribution in [1.29, 1.82) is 0 Å². The van der Waals surface area contributed by atoms with Crippen molar-refractivity contribution in [3.63, 3.8) is 0 Å². The van der Waals surface area contributed by atoms with Crippen molar-refractivity contribution in [3.8, 4) is 0 Å². The molecule has 0 saturated carbocycles. The van der Waals surface area contributed by atoms with Gasteiger partial charge in [-0.1, -0.05) is 70.4 Å². The molecule has 0 atom stereocenters. The van der Waals surface area contributed by atoms with E-state index in [-0.39, 0.29) is 0 Å². The lowest BCUT2D eigenvalue weighted by atomic mass is 10.0. The summed E-state index contributed by atoms with van der Waals surface area (Å²) in [5.74, 6) is 0. The lowest BCUT2D eigenvalue weighted by Gasteiger charge is -2.02. The Labute approximate surface area is 174 Å². The largest absolute Gasteiger partial charge is 0.303 e. The standard InChI is InChI=1S/C27H42O/c1-23(2)13-9-16-26(5)18-11-20-27(6)19-10-17-24(3)14-7-8-15-25(4)21-12-22-28/h7-8,13-15,18-19,22H,9-12,16-17,20-21H2,1-6H3/b8-7+,24-14+,25-15+,26-18+,27-19+. The van der Waals surface area contributed by atoms with E-state index in [9.17, 15) is 4.79 Å². The Bertz CT molecular complexity index is 617. The van der Waals surface area contributed by atoms with E-state index in [1.54, 1.807) is 0 Å². The number of allylic oxidation sites excluding steroid dienone is 12. The van der Waals surface area contributed by atoms with Crippen LogP contribution in [-0.2, 0) is 4.79 Å².